The van der Waals surface area contributed by atoms with Crippen LogP contribution < -0.4 is 0 Å². The van der Waals surface area contributed by atoms with Crippen LogP contribution in [-0.4, -0.2) is 29.7 Å². The van der Waals surface area contributed by atoms with E-state index in [0.29, 0.717) is 23.7 Å². The van der Waals surface area contributed by atoms with Crippen molar-refractivity contribution in [2.45, 2.75) is 73.6 Å². The Bertz CT molecular complexity index is 447. The van der Waals surface area contributed by atoms with Gasteiger partial charge in [0.25, 0.3) is 0 Å². The van der Waals surface area contributed by atoms with E-state index in [2.05, 4.69) is 20.8 Å². The second kappa shape index (κ2) is 6.57. The minimum absolute atomic E-state index is 0.0462. The smallest absolute Gasteiger partial charge is 0.225 e. The van der Waals surface area contributed by atoms with Crippen LogP contribution >= 0.6 is 0 Å². The normalized spacial score (nSPS) is 29.7. The standard InChI is InChI=1S/C20H35NO2/c1-19(2,3)16-9-7-14(8-10-16)18(23)21-12-11-15(13-21)17(22)20(4,5)6/h14-16H,7-13H2,1-6H3. The minimum atomic E-state index is -0.297. The quantitative estimate of drug-likeness (QED) is 0.760. The molecular formula is C20H35NO2. The van der Waals surface area contributed by atoms with Gasteiger partial charge in [-0.1, -0.05) is 41.5 Å². The zero-order valence-corrected chi connectivity index (χ0v) is 15.9. The summed E-state index contributed by atoms with van der Waals surface area (Å²) < 4.78 is 0. The first-order valence-electron chi connectivity index (χ1n) is 9.33. The van der Waals surface area contributed by atoms with Crippen LogP contribution in [0.3, 0.4) is 0 Å². The van der Waals surface area contributed by atoms with Gasteiger partial charge in [0.15, 0.2) is 0 Å². The van der Waals surface area contributed by atoms with E-state index in [1.807, 2.05) is 25.7 Å². The van der Waals surface area contributed by atoms with Gasteiger partial charge in [-0.05, 0) is 43.4 Å². The number of Topliss-reactive ketones (excluding diaryl/α,β-unsaturated/α-hetero) is 1. The van der Waals surface area contributed by atoms with Gasteiger partial charge in [0.2, 0.25) is 5.91 Å². The highest BCUT2D eigenvalue weighted by Gasteiger charge is 2.39. The van der Waals surface area contributed by atoms with Gasteiger partial charge in [0.05, 0.1) is 0 Å². The molecule has 0 bridgehead atoms. The molecule has 0 spiro atoms. The summed E-state index contributed by atoms with van der Waals surface area (Å²) in [5.41, 5.74) is 0.0559. The molecule has 132 valence electrons. The minimum Gasteiger partial charge on any atom is -0.342 e. The van der Waals surface area contributed by atoms with E-state index in [9.17, 15) is 9.59 Å². The number of carbonyl (C=O) groups is 2. The molecule has 1 aliphatic heterocycles. The third-order valence-electron chi connectivity index (χ3n) is 5.91. The molecule has 1 atom stereocenters. The predicted octanol–water partition coefficient (Wildman–Crippen LogP) is 4.30. The van der Waals surface area contributed by atoms with E-state index in [-0.39, 0.29) is 17.3 Å². The highest BCUT2D eigenvalue weighted by Crippen LogP contribution is 2.40. The number of hydrogen-bond donors (Lipinski definition) is 0. The summed E-state index contributed by atoms with van der Waals surface area (Å²) in [5.74, 6) is 1.59. The zero-order chi connectivity index (χ0) is 17.4. The molecule has 1 aliphatic carbocycles. The fourth-order valence-corrected chi connectivity index (χ4v) is 4.25. The second-order valence-corrected chi connectivity index (χ2v) is 9.80. The molecule has 1 unspecified atom stereocenters. The first kappa shape index (κ1) is 18.5. The Kier molecular flexibility index (Phi) is 5.27. The molecule has 3 heteroatoms. The molecule has 0 aromatic carbocycles. The maximum absolute atomic E-state index is 12.8. The van der Waals surface area contributed by atoms with Crippen molar-refractivity contribution in [1.29, 1.82) is 0 Å². The van der Waals surface area contributed by atoms with Gasteiger partial charge < -0.3 is 4.90 Å². The van der Waals surface area contributed by atoms with Gasteiger partial charge in [0.1, 0.15) is 5.78 Å². The summed E-state index contributed by atoms with van der Waals surface area (Å²) in [7, 11) is 0. The number of carbonyl (C=O) groups excluding carboxylic acids is 2. The summed E-state index contributed by atoms with van der Waals surface area (Å²) >= 11 is 0. The van der Waals surface area contributed by atoms with E-state index in [4.69, 9.17) is 0 Å². The van der Waals surface area contributed by atoms with Crippen molar-refractivity contribution in [3.8, 4) is 0 Å². The number of likely N-dealkylation sites (tertiary alicyclic amines) is 1. The van der Waals surface area contributed by atoms with E-state index in [1.165, 1.54) is 0 Å². The van der Waals surface area contributed by atoms with Crippen LogP contribution in [0.4, 0.5) is 0 Å². The van der Waals surface area contributed by atoms with Crippen molar-refractivity contribution in [2.75, 3.05) is 13.1 Å². The van der Waals surface area contributed by atoms with Crippen LogP contribution in [0.5, 0.6) is 0 Å². The Morgan fingerprint density at radius 2 is 1.39 bits per heavy atom. The largest absolute Gasteiger partial charge is 0.342 e. The number of rotatable bonds is 2. The van der Waals surface area contributed by atoms with Crippen molar-refractivity contribution in [2.24, 2.45) is 28.6 Å². The molecule has 0 aromatic rings. The lowest BCUT2D eigenvalue weighted by atomic mass is 9.69. The van der Waals surface area contributed by atoms with Crippen molar-refractivity contribution >= 4 is 11.7 Å². The molecule has 2 rings (SSSR count). The third kappa shape index (κ3) is 4.36. The highest BCUT2D eigenvalue weighted by atomic mass is 16.2. The Hall–Kier alpha value is -0.860. The van der Waals surface area contributed by atoms with Crippen molar-refractivity contribution < 1.29 is 9.59 Å². The van der Waals surface area contributed by atoms with Crippen LogP contribution in [-0.2, 0) is 9.59 Å². The lowest BCUT2D eigenvalue weighted by Gasteiger charge is -2.37. The zero-order valence-electron chi connectivity index (χ0n) is 15.9. The van der Waals surface area contributed by atoms with Crippen molar-refractivity contribution in [3.05, 3.63) is 0 Å². The maximum atomic E-state index is 12.8. The molecule has 1 amide bonds. The Morgan fingerprint density at radius 1 is 0.826 bits per heavy atom. The number of nitrogens with zero attached hydrogens (tertiary/aromatic N) is 1. The molecule has 1 saturated heterocycles. The van der Waals surface area contributed by atoms with Crippen LogP contribution in [0.15, 0.2) is 0 Å². The summed E-state index contributed by atoms with van der Waals surface area (Å²) in [6.07, 6.45) is 5.22. The fraction of sp³-hybridized carbons (Fsp3) is 0.900. The molecule has 2 aliphatic rings. The summed E-state index contributed by atoms with van der Waals surface area (Å²) in [6.45, 7) is 14.3. The molecule has 0 aromatic heterocycles. The average Bonchev–Trinajstić information content (AvgIpc) is 2.93. The Morgan fingerprint density at radius 3 is 1.87 bits per heavy atom. The molecule has 23 heavy (non-hydrogen) atoms. The molecule has 1 saturated carbocycles. The second-order valence-electron chi connectivity index (χ2n) is 9.80. The fourth-order valence-electron chi connectivity index (χ4n) is 4.25. The summed E-state index contributed by atoms with van der Waals surface area (Å²) in [5, 5.41) is 0. The monoisotopic (exact) mass is 321 g/mol. The number of ketones is 1. The third-order valence-corrected chi connectivity index (χ3v) is 5.91. The van der Waals surface area contributed by atoms with Gasteiger partial charge in [0, 0.05) is 30.3 Å². The van der Waals surface area contributed by atoms with Gasteiger partial charge in [-0.2, -0.15) is 0 Å². The van der Waals surface area contributed by atoms with E-state index in [1.54, 1.807) is 0 Å². The van der Waals surface area contributed by atoms with Crippen LogP contribution in [0, 0.1) is 28.6 Å². The van der Waals surface area contributed by atoms with Crippen LogP contribution in [0.1, 0.15) is 73.6 Å². The topological polar surface area (TPSA) is 37.4 Å². The van der Waals surface area contributed by atoms with Gasteiger partial charge in [-0.25, -0.2) is 0 Å². The van der Waals surface area contributed by atoms with Gasteiger partial charge >= 0.3 is 0 Å². The van der Waals surface area contributed by atoms with Crippen molar-refractivity contribution in [3.63, 3.8) is 0 Å². The van der Waals surface area contributed by atoms with Gasteiger partial charge in [-0.15, -0.1) is 0 Å². The summed E-state index contributed by atoms with van der Waals surface area (Å²) in [6, 6.07) is 0. The number of hydrogen-bond acceptors (Lipinski definition) is 2. The van der Waals surface area contributed by atoms with E-state index < -0.39 is 0 Å². The van der Waals surface area contributed by atoms with Gasteiger partial charge in [-0.3, -0.25) is 9.59 Å². The predicted molar refractivity (Wildman–Crippen MR) is 94.1 cm³/mol. The Balaban J connectivity index is 1.87. The first-order valence-corrected chi connectivity index (χ1v) is 9.33. The molecule has 0 N–H and O–H groups in total. The van der Waals surface area contributed by atoms with Crippen LogP contribution in [0.2, 0.25) is 0 Å². The van der Waals surface area contributed by atoms with Crippen LogP contribution in [0.25, 0.3) is 0 Å². The lowest BCUT2D eigenvalue weighted by molar-refractivity contribution is -0.136. The molecule has 2 fully saturated rings. The molecule has 1 heterocycles. The Labute approximate surface area is 142 Å². The number of amides is 1. The van der Waals surface area contributed by atoms with E-state index >= 15 is 0 Å². The molecule has 0 radical (unpaired) electrons. The highest BCUT2D eigenvalue weighted by molar-refractivity contribution is 5.88. The molecule has 3 nitrogen and oxygen atoms in total. The molecular weight excluding hydrogens is 286 g/mol. The van der Waals surface area contributed by atoms with E-state index in [0.717, 1.165) is 44.6 Å². The van der Waals surface area contributed by atoms with Crippen molar-refractivity contribution in [1.82, 2.24) is 4.90 Å². The average molecular weight is 322 g/mol. The summed E-state index contributed by atoms with van der Waals surface area (Å²) in [4.78, 5) is 27.2. The maximum Gasteiger partial charge on any atom is 0.225 e. The first-order chi connectivity index (χ1) is 10.5. The lowest BCUT2D eigenvalue weighted by Crippen LogP contribution is -2.38. The SMILES string of the molecule is CC(C)(C)C(=O)C1CCN(C(=O)C2CCC(C(C)(C)C)CC2)C1.